The van der Waals surface area contributed by atoms with E-state index in [1.165, 1.54) is 0 Å². The fraction of sp³-hybridized carbons (Fsp3) is 0.688. The Morgan fingerprint density at radius 2 is 2.18 bits per heavy atom. The van der Waals surface area contributed by atoms with Crippen LogP contribution < -0.4 is 5.73 Å². The smallest absolute Gasteiger partial charge is 0.223 e. The summed E-state index contributed by atoms with van der Waals surface area (Å²) in [5, 5.41) is 4.18. The average molecular weight is 425 g/mol. The zero-order chi connectivity index (χ0) is 20.7. The highest BCUT2D eigenvalue weighted by Crippen LogP contribution is 2.38. The number of nitrogen functional groups attached to an aromatic ring is 1. The van der Waals surface area contributed by atoms with Crippen molar-refractivity contribution in [3.8, 4) is 0 Å². The summed E-state index contributed by atoms with van der Waals surface area (Å²) in [7, 11) is -1.96. The number of anilines is 1. The van der Waals surface area contributed by atoms with Gasteiger partial charge in [0.1, 0.15) is 11.7 Å². The molecule has 0 bridgehead atoms. The first-order valence-electron chi connectivity index (χ1n) is 9.02. The summed E-state index contributed by atoms with van der Waals surface area (Å²) in [5.74, 6) is 0.0571. The van der Waals surface area contributed by atoms with Crippen molar-refractivity contribution < 1.29 is 9.16 Å². The van der Waals surface area contributed by atoms with Crippen LogP contribution >= 0.6 is 11.6 Å². The molecule has 1 fully saturated rings. The molecule has 152 valence electrons. The van der Waals surface area contributed by atoms with Gasteiger partial charge < -0.3 is 14.9 Å². The van der Waals surface area contributed by atoms with Crippen LogP contribution in [0.15, 0.2) is 11.4 Å². The van der Waals surface area contributed by atoms with Crippen LogP contribution in [0.3, 0.4) is 0 Å². The van der Waals surface area contributed by atoms with Crippen molar-refractivity contribution in [3.63, 3.8) is 0 Å². The molecule has 10 nitrogen and oxygen atoms in total. The quantitative estimate of drug-likeness (QED) is 0.252. The molecule has 3 heterocycles. The molecule has 3 atom stereocenters. The topological polar surface area (TPSA) is 137 Å². The largest absolute Gasteiger partial charge is 0.414 e. The molecule has 1 saturated heterocycles. The third-order valence-electron chi connectivity index (χ3n) is 5.53. The number of fused-ring (bicyclic) bond motifs is 1. The van der Waals surface area contributed by atoms with Crippen LogP contribution in [0.1, 0.15) is 33.4 Å². The molecule has 3 rings (SSSR count). The summed E-state index contributed by atoms with van der Waals surface area (Å²) in [6, 6.07) is -0.355. The summed E-state index contributed by atoms with van der Waals surface area (Å²) in [6.45, 7) is 11.2. The number of nitrogens with zero attached hydrogens (tertiary/aromatic N) is 7. The van der Waals surface area contributed by atoms with E-state index in [0.29, 0.717) is 24.2 Å². The normalized spacial score (nSPS) is 23.1. The molecule has 0 aliphatic carbocycles. The van der Waals surface area contributed by atoms with Gasteiger partial charge in [-0.1, -0.05) is 37.5 Å². The first-order chi connectivity index (χ1) is 13.0. The SMILES string of the molecule is CC(C)(C)[Si](C)(C)OC[C@@H]1O[C@H](n2cnc3c(Cl)nc(N)nc32)C[C@H]1N=[N+]=[N-]. The van der Waals surface area contributed by atoms with E-state index in [1.54, 1.807) is 10.9 Å². The van der Waals surface area contributed by atoms with E-state index in [2.05, 4.69) is 58.8 Å². The van der Waals surface area contributed by atoms with E-state index < -0.39 is 14.5 Å². The zero-order valence-corrected chi connectivity index (χ0v) is 18.4. The number of imidazole rings is 1. The fourth-order valence-corrected chi connectivity index (χ4v) is 4.07. The molecule has 2 aromatic heterocycles. The molecule has 1 aliphatic rings. The number of hydrogen-bond acceptors (Lipinski definition) is 7. The second-order valence-electron chi connectivity index (χ2n) is 8.41. The Morgan fingerprint density at radius 1 is 1.46 bits per heavy atom. The van der Waals surface area contributed by atoms with Crippen molar-refractivity contribution in [3.05, 3.63) is 21.9 Å². The molecule has 0 amide bonds. The van der Waals surface area contributed by atoms with Gasteiger partial charge in [0.05, 0.1) is 25.1 Å². The maximum absolute atomic E-state index is 8.96. The standard InChI is InChI=1S/C16H25ClN8O2Si/c1-16(2,3)28(4,5)26-7-10-9(23-24-19)6-11(27-10)25-8-20-12-13(17)21-15(18)22-14(12)25/h8-11H,6-7H2,1-5H3,(H2,18,21,22)/t9-,10+,11+/m1/s1. The van der Waals surface area contributed by atoms with Gasteiger partial charge in [-0.2, -0.15) is 9.97 Å². The molecular formula is C16H25ClN8O2Si. The van der Waals surface area contributed by atoms with E-state index in [9.17, 15) is 0 Å². The predicted octanol–water partition coefficient (Wildman–Crippen LogP) is 4.05. The van der Waals surface area contributed by atoms with Crippen molar-refractivity contribution in [2.45, 2.75) is 63.7 Å². The molecule has 2 N–H and O–H groups in total. The highest BCUT2D eigenvalue weighted by Gasteiger charge is 2.41. The van der Waals surface area contributed by atoms with Gasteiger partial charge in [-0.05, 0) is 23.7 Å². The third kappa shape index (κ3) is 3.94. The lowest BCUT2D eigenvalue weighted by atomic mass is 10.1. The first kappa shape index (κ1) is 20.8. The van der Waals surface area contributed by atoms with E-state index >= 15 is 0 Å². The van der Waals surface area contributed by atoms with E-state index in [1.807, 2.05) is 0 Å². The van der Waals surface area contributed by atoms with Gasteiger partial charge in [-0.3, -0.25) is 4.57 Å². The van der Waals surface area contributed by atoms with E-state index in [0.717, 1.165) is 0 Å². The van der Waals surface area contributed by atoms with Crippen molar-refractivity contribution >= 4 is 37.0 Å². The Morgan fingerprint density at radius 3 is 2.82 bits per heavy atom. The Balaban J connectivity index is 1.83. The molecule has 0 radical (unpaired) electrons. The lowest BCUT2D eigenvalue weighted by Crippen LogP contribution is -2.43. The van der Waals surface area contributed by atoms with Crippen LogP contribution in [-0.2, 0) is 9.16 Å². The fourth-order valence-electron chi connectivity index (χ4n) is 2.84. The Labute approximate surface area is 169 Å². The Bertz CT molecular complexity index is 921. The predicted molar refractivity (Wildman–Crippen MR) is 109 cm³/mol. The molecular weight excluding hydrogens is 400 g/mol. The summed E-state index contributed by atoms with van der Waals surface area (Å²) >= 11 is 6.10. The number of hydrogen-bond donors (Lipinski definition) is 1. The second kappa shape index (κ2) is 7.49. The minimum atomic E-state index is -1.96. The molecule has 28 heavy (non-hydrogen) atoms. The Hall–Kier alpha value is -1.91. The van der Waals surface area contributed by atoms with Crippen LogP contribution in [-0.4, -0.2) is 46.6 Å². The van der Waals surface area contributed by atoms with Crippen LogP contribution in [0, 0.1) is 0 Å². The number of aromatic nitrogens is 4. The van der Waals surface area contributed by atoms with Gasteiger partial charge in [0.15, 0.2) is 19.1 Å². The van der Waals surface area contributed by atoms with Crippen LogP contribution in [0.5, 0.6) is 0 Å². The van der Waals surface area contributed by atoms with Gasteiger partial charge in [-0.15, -0.1) is 0 Å². The summed E-state index contributed by atoms with van der Waals surface area (Å²) in [4.78, 5) is 15.4. The number of nitrogens with two attached hydrogens (primary N) is 1. The van der Waals surface area contributed by atoms with Crippen LogP contribution in [0.2, 0.25) is 23.3 Å². The van der Waals surface area contributed by atoms with Gasteiger partial charge in [0, 0.05) is 11.3 Å². The van der Waals surface area contributed by atoms with E-state index in [4.69, 9.17) is 32.0 Å². The number of halogens is 1. The minimum Gasteiger partial charge on any atom is -0.414 e. The highest BCUT2D eigenvalue weighted by molar-refractivity contribution is 6.74. The summed E-state index contributed by atoms with van der Waals surface area (Å²) in [6.07, 6.45) is 1.28. The molecule has 0 unspecified atom stereocenters. The van der Waals surface area contributed by atoms with Gasteiger partial charge >= 0.3 is 0 Å². The zero-order valence-electron chi connectivity index (χ0n) is 16.6. The molecule has 0 saturated carbocycles. The Kier molecular flexibility index (Phi) is 5.57. The maximum atomic E-state index is 8.96. The van der Waals surface area contributed by atoms with Crippen molar-refractivity contribution in [2.24, 2.45) is 5.11 Å². The van der Waals surface area contributed by atoms with Crippen molar-refractivity contribution in [1.82, 2.24) is 19.5 Å². The lowest BCUT2D eigenvalue weighted by molar-refractivity contribution is -0.0207. The lowest BCUT2D eigenvalue weighted by Gasteiger charge is -2.37. The first-order valence-corrected chi connectivity index (χ1v) is 12.3. The van der Waals surface area contributed by atoms with Gasteiger partial charge in [-0.25, -0.2) is 4.98 Å². The van der Waals surface area contributed by atoms with Crippen molar-refractivity contribution in [2.75, 3.05) is 12.3 Å². The average Bonchev–Trinajstić information content (AvgIpc) is 3.16. The van der Waals surface area contributed by atoms with Gasteiger partial charge in [0.25, 0.3) is 0 Å². The van der Waals surface area contributed by atoms with Crippen LogP contribution in [0.25, 0.3) is 21.6 Å². The number of ether oxygens (including phenoxy) is 1. The monoisotopic (exact) mass is 424 g/mol. The highest BCUT2D eigenvalue weighted by atomic mass is 35.5. The third-order valence-corrected chi connectivity index (χ3v) is 10.3. The minimum absolute atomic E-state index is 0.0571. The van der Waals surface area contributed by atoms with Crippen molar-refractivity contribution in [1.29, 1.82) is 0 Å². The molecule has 0 spiro atoms. The number of rotatable bonds is 5. The number of azide groups is 1. The molecule has 0 aromatic carbocycles. The molecule has 1 aliphatic heterocycles. The molecule has 2 aromatic rings. The summed E-state index contributed by atoms with van der Waals surface area (Å²) in [5.41, 5.74) is 15.6. The van der Waals surface area contributed by atoms with Crippen LogP contribution in [0.4, 0.5) is 5.95 Å². The second-order valence-corrected chi connectivity index (χ2v) is 13.6. The van der Waals surface area contributed by atoms with E-state index in [-0.39, 0.29) is 28.3 Å². The molecule has 12 heteroatoms. The maximum Gasteiger partial charge on any atom is 0.223 e. The van der Waals surface area contributed by atoms with Gasteiger partial charge in [0.2, 0.25) is 5.95 Å². The summed E-state index contributed by atoms with van der Waals surface area (Å²) < 4.78 is 14.2.